The van der Waals surface area contributed by atoms with Gasteiger partial charge < -0.3 is 24.3 Å². The van der Waals surface area contributed by atoms with Gasteiger partial charge in [-0.2, -0.15) is 4.98 Å². The topological polar surface area (TPSA) is 91.8 Å². The highest BCUT2D eigenvalue weighted by Gasteiger charge is 2.24. The van der Waals surface area contributed by atoms with Crippen LogP contribution in [-0.4, -0.2) is 48.8 Å². The SMILES string of the molecule is COc1cccc(OCC(=O)NC2CCC(Oc3cncc(OC)n3)CC2)c1. The lowest BCUT2D eigenvalue weighted by atomic mass is 9.93. The van der Waals surface area contributed by atoms with Gasteiger partial charge >= 0.3 is 0 Å². The Morgan fingerprint density at radius 2 is 1.82 bits per heavy atom. The van der Waals surface area contributed by atoms with E-state index < -0.39 is 0 Å². The summed E-state index contributed by atoms with van der Waals surface area (Å²) < 4.78 is 21.6. The Morgan fingerprint density at radius 3 is 2.57 bits per heavy atom. The molecule has 0 aliphatic heterocycles. The lowest BCUT2D eigenvalue weighted by molar-refractivity contribution is -0.124. The monoisotopic (exact) mass is 387 g/mol. The normalized spacial score (nSPS) is 18.8. The summed E-state index contributed by atoms with van der Waals surface area (Å²) >= 11 is 0. The van der Waals surface area contributed by atoms with Crippen molar-refractivity contribution >= 4 is 5.91 Å². The third-order valence-electron chi connectivity index (χ3n) is 4.54. The van der Waals surface area contributed by atoms with Gasteiger partial charge in [-0.15, -0.1) is 0 Å². The fourth-order valence-electron chi connectivity index (χ4n) is 3.09. The molecule has 0 unspecified atom stereocenters. The molecule has 1 N–H and O–H groups in total. The van der Waals surface area contributed by atoms with Gasteiger partial charge in [-0.3, -0.25) is 9.78 Å². The van der Waals surface area contributed by atoms with E-state index in [0.717, 1.165) is 25.7 Å². The highest BCUT2D eigenvalue weighted by atomic mass is 16.5. The molecule has 0 radical (unpaired) electrons. The number of amides is 1. The number of carbonyl (C=O) groups is 1. The molecule has 1 fully saturated rings. The van der Waals surface area contributed by atoms with Gasteiger partial charge in [0, 0.05) is 12.1 Å². The molecule has 8 heteroatoms. The molecule has 3 rings (SSSR count). The molecule has 1 aliphatic rings. The van der Waals surface area contributed by atoms with Crippen LogP contribution in [0.2, 0.25) is 0 Å². The van der Waals surface area contributed by atoms with Gasteiger partial charge in [0.1, 0.15) is 17.6 Å². The van der Waals surface area contributed by atoms with Crippen LogP contribution in [0.25, 0.3) is 0 Å². The molecule has 0 saturated heterocycles. The fourth-order valence-corrected chi connectivity index (χ4v) is 3.09. The summed E-state index contributed by atoms with van der Waals surface area (Å²) in [5.41, 5.74) is 0. The smallest absolute Gasteiger partial charge is 0.258 e. The molecule has 1 saturated carbocycles. The molecular formula is C20H25N3O5. The predicted molar refractivity (Wildman–Crippen MR) is 102 cm³/mol. The molecule has 8 nitrogen and oxygen atoms in total. The Labute approximate surface area is 164 Å². The van der Waals surface area contributed by atoms with Crippen molar-refractivity contribution in [2.75, 3.05) is 20.8 Å². The number of ether oxygens (including phenoxy) is 4. The number of benzene rings is 1. The summed E-state index contributed by atoms with van der Waals surface area (Å²) in [4.78, 5) is 20.4. The van der Waals surface area contributed by atoms with Crippen molar-refractivity contribution in [1.29, 1.82) is 0 Å². The maximum Gasteiger partial charge on any atom is 0.258 e. The predicted octanol–water partition coefficient (Wildman–Crippen LogP) is 2.38. The van der Waals surface area contributed by atoms with Crippen molar-refractivity contribution < 1.29 is 23.7 Å². The molecule has 28 heavy (non-hydrogen) atoms. The minimum atomic E-state index is -0.133. The molecule has 0 spiro atoms. The zero-order valence-corrected chi connectivity index (χ0v) is 16.1. The lowest BCUT2D eigenvalue weighted by Crippen LogP contribution is -2.41. The van der Waals surface area contributed by atoms with Crippen LogP contribution in [0.3, 0.4) is 0 Å². The Kier molecular flexibility index (Phi) is 6.89. The first kappa shape index (κ1) is 19.7. The number of rotatable bonds is 8. The van der Waals surface area contributed by atoms with Crippen LogP contribution < -0.4 is 24.3 Å². The second kappa shape index (κ2) is 9.77. The average molecular weight is 387 g/mol. The van der Waals surface area contributed by atoms with Crippen molar-refractivity contribution in [3.8, 4) is 23.3 Å². The second-order valence-electron chi connectivity index (χ2n) is 6.53. The van der Waals surface area contributed by atoms with Crippen LogP contribution in [0, 0.1) is 0 Å². The largest absolute Gasteiger partial charge is 0.497 e. The number of aromatic nitrogens is 2. The molecule has 1 heterocycles. The van der Waals surface area contributed by atoms with Crippen LogP contribution >= 0.6 is 0 Å². The standard InChI is InChI=1S/C20H25N3O5/c1-25-16-4-3-5-17(10-16)27-13-18(24)22-14-6-8-15(9-7-14)28-20-12-21-11-19(23-20)26-2/h3-5,10-12,14-15H,6-9,13H2,1-2H3,(H,22,24). The molecule has 150 valence electrons. The van der Waals surface area contributed by atoms with Crippen LogP contribution in [0.5, 0.6) is 23.3 Å². The minimum absolute atomic E-state index is 0.0248. The number of carbonyl (C=O) groups excluding carboxylic acids is 1. The number of nitrogens with zero attached hydrogens (tertiary/aromatic N) is 2. The van der Waals surface area contributed by atoms with E-state index in [1.54, 1.807) is 32.5 Å². The Hall–Kier alpha value is -3.03. The maximum absolute atomic E-state index is 12.2. The van der Waals surface area contributed by atoms with E-state index in [0.29, 0.717) is 23.3 Å². The summed E-state index contributed by atoms with van der Waals surface area (Å²) in [7, 11) is 3.13. The number of methoxy groups -OCH3 is 2. The minimum Gasteiger partial charge on any atom is -0.497 e. The number of hydrogen-bond acceptors (Lipinski definition) is 7. The van der Waals surface area contributed by atoms with E-state index in [1.807, 2.05) is 12.1 Å². The van der Waals surface area contributed by atoms with Crippen LogP contribution in [0.4, 0.5) is 0 Å². The number of nitrogens with one attached hydrogen (secondary N) is 1. The molecular weight excluding hydrogens is 362 g/mol. The first-order chi connectivity index (χ1) is 13.7. The molecule has 0 bridgehead atoms. The van der Waals surface area contributed by atoms with E-state index in [9.17, 15) is 4.79 Å². The third kappa shape index (κ3) is 5.73. The average Bonchev–Trinajstić information content (AvgIpc) is 2.74. The Balaban J connectivity index is 1.39. The Morgan fingerprint density at radius 1 is 1.07 bits per heavy atom. The zero-order valence-electron chi connectivity index (χ0n) is 16.1. The van der Waals surface area contributed by atoms with Gasteiger partial charge in [0.05, 0.1) is 26.6 Å². The van der Waals surface area contributed by atoms with E-state index in [1.165, 1.54) is 6.20 Å². The highest BCUT2D eigenvalue weighted by Crippen LogP contribution is 2.23. The summed E-state index contributed by atoms with van der Waals surface area (Å²) in [6, 6.07) is 7.31. The maximum atomic E-state index is 12.2. The van der Waals surface area contributed by atoms with E-state index in [-0.39, 0.29) is 24.7 Å². The number of hydrogen-bond donors (Lipinski definition) is 1. The fraction of sp³-hybridized carbons (Fsp3) is 0.450. The van der Waals surface area contributed by atoms with Crippen molar-refractivity contribution in [2.45, 2.75) is 37.8 Å². The first-order valence-corrected chi connectivity index (χ1v) is 9.25. The second-order valence-corrected chi connectivity index (χ2v) is 6.53. The van der Waals surface area contributed by atoms with Crippen molar-refractivity contribution in [1.82, 2.24) is 15.3 Å². The highest BCUT2D eigenvalue weighted by molar-refractivity contribution is 5.77. The molecule has 0 atom stereocenters. The molecule has 1 amide bonds. The quantitative estimate of drug-likeness (QED) is 0.743. The van der Waals surface area contributed by atoms with Crippen LogP contribution in [-0.2, 0) is 4.79 Å². The van der Waals surface area contributed by atoms with Crippen molar-refractivity contribution in [3.05, 3.63) is 36.7 Å². The van der Waals surface area contributed by atoms with Crippen LogP contribution in [0.15, 0.2) is 36.7 Å². The Bertz CT molecular complexity index is 778. The van der Waals surface area contributed by atoms with Gasteiger partial charge in [-0.25, -0.2) is 0 Å². The molecule has 1 aliphatic carbocycles. The summed E-state index contributed by atoms with van der Waals surface area (Å²) in [6.45, 7) is -0.0248. The van der Waals surface area contributed by atoms with Gasteiger partial charge in [-0.05, 0) is 37.8 Å². The van der Waals surface area contributed by atoms with Crippen LogP contribution in [0.1, 0.15) is 25.7 Å². The first-order valence-electron chi connectivity index (χ1n) is 9.25. The summed E-state index contributed by atoms with van der Waals surface area (Å²) in [5.74, 6) is 2.04. The van der Waals surface area contributed by atoms with Crippen molar-refractivity contribution in [3.63, 3.8) is 0 Å². The molecule has 2 aromatic rings. The summed E-state index contributed by atoms with van der Waals surface area (Å²) in [6.07, 6.45) is 6.52. The van der Waals surface area contributed by atoms with E-state index in [4.69, 9.17) is 18.9 Å². The molecule has 1 aromatic heterocycles. The third-order valence-corrected chi connectivity index (χ3v) is 4.54. The van der Waals surface area contributed by atoms with Gasteiger partial charge in [0.15, 0.2) is 6.61 Å². The van der Waals surface area contributed by atoms with Gasteiger partial charge in [0.2, 0.25) is 11.8 Å². The summed E-state index contributed by atoms with van der Waals surface area (Å²) in [5, 5.41) is 3.02. The van der Waals surface area contributed by atoms with Gasteiger partial charge in [-0.1, -0.05) is 6.07 Å². The zero-order chi connectivity index (χ0) is 19.8. The van der Waals surface area contributed by atoms with E-state index in [2.05, 4.69) is 15.3 Å². The van der Waals surface area contributed by atoms with Gasteiger partial charge in [0.25, 0.3) is 5.91 Å². The van der Waals surface area contributed by atoms with E-state index >= 15 is 0 Å². The van der Waals surface area contributed by atoms with Crippen molar-refractivity contribution in [2.24, 2.45) is 0 Å². The molecule has 1 aromatic carbocycles. The lowest BCUT2D eigenvalue weighted by Gasteiger charge is -2.29.